The first-order valence-corrected chi connectivity index (χ1v) is 7.05. The van der Waals surface area contributed by atoms with Crippen LogP contribution in [0.15, 0.2) is 47.6 Å². The number of nitrogens with one attached hydrogen (secondary N) is 1. The summed E-state index contributed by atoms with van der Waals surface area (Å²) >= 11 is 0. The maximum Gasteiger partial charge on any atom is 0.311 e. The number of nitro groups is 1. The number of phenolic OH excluding ortho intramolecular Hbond substituents is 1. The fourth-order valence-electron chi connectivity index (χ4n) is 1.93. The number of phenols is 1. The third kappa shape index (κ3) is 4.07. The number of nitrogens with zero attached hydrogens (tertiary/aromatic N) is 2. The summed E-state index contributed by atoms with van der Waals surface area (Å²) < 4.78 is 5.18. The Hall–Kier alpha value is -3.42. The highest BCUT2D eigenvalue weighted by atomic mass is 16.6. The third-order valence-corrected chi connectivity index (χ3v) is 3.01. The van der Waals surface area contributed by atoms with Crippen LogP contribution >= 0.6 is 0 Å². The molecule has 2 aromatic carbocycles. The highest BCUT2D eigenvalue weighted by Crippen LogP contribution is 2.27. The van der Waals surface area contributed by atoms with E-state index >= 15 is 0 Å². The van der Waals surface area contributed by atoms with E-state index < -0.39 is 10.8 Å². The summed E-state index contributed by atoms with van der Waals surface area (Å²) in [6.45, 7) is 2.04. The summed E-state index contributed by atoms with van der Waals surface area (Å²) in [6, 6.07) is 10.4. The Morgan fingerprint density at radius 3 is 2.79 bits per heavy atom. The van der Waals surface area contributed by atoms with Crippen LogP contribution in [0.3, 0.4) is 0 Å². The first-order chi connectivity index (χ1) is 11.5. The summed E-state index contributed by atoms with van der Waals surface area (Å²) in [5.74, 6) is -0.593. The predicted molar refractivity (Wildman–Crippen MR) is 87.4 cm³/mol. The van der Waals surface area contributed by atoms with Crippen LogP contribution in [0.4, 0.5) is 5.69 Å². The molecule has 0 bridgehead atoms. The number of hydrazone groups is 1. The monoisotopic (exact) mass is 329 g/mol. The van der Waals surface area contributed by atoms with E-state index in [1.54, 1.807) is 25.1 Å². The summed E-state index contributed by atoms with van der Waals surface area (Å²) in [6.07, 6.45) is 1.26. The summed E-state index contributed by atoms with van der Waals surface area (Å²) in [5.41, 5.74) is 2.55. The lowest BCUT2D eigenvalue weighted by molar-refractivity contribution is -0.385. The molecule has 0 spiro atoms. The standard InChI is InChI=1S/C16H15N3O5/c1-2-24-15-8-7-11(9-13(15)19(22)23)10-17-18-16(21)12-5-3-4-6-14(12)20/h3-10,20H,2H2,1H3,(H,18,21)/b17-10-. The largest absolute Gasteiger partial charge is 0.507 e. The van der Waals surface area contributed by atoms with E-state index in [1.807, 2.05) is 0 Å². The average molecular weight is 329 g/mol. The Labute approximate surface area is 137 Å². The number of ether oxygens (including phenoxy) is 1. The van der Waals surface area contributed by atoms with Gasteiger partial charge in [0.15, 0.2) is 5.75 Å². The van der Waals surface area contributed by atoms with Gasteiger partial charge in [0, 0.05) is 11.6 Å². The van der Waals surface area contributed by atoms with Gasteiger partial charge in [-0.2, -0.15) is 5.10 Å². The van der Waals surface area contributed by atoms with Gasteiger partial charge in [0.2, 0.25) is 0 Å². The SMILES string of the molecule is CCOc1ccc(/C=N\NC(=O)c2ccccc2O)cc1[N+](=O)[O-]. The molecule has 2 rings (SSSR count). The number of hydrogen-bond acceptors (Lipinski definition) is 6. The maximum absolute atomic E-state index is 11.9. The van der Waals surface area contributed by atoms with Gasteiger partial charge in [-0.25, -0.2) is 5.43 Å². The Morgan fingerprint density at radius 2 is 2.12 bits per heavy atom. The lowest BCUT2D eigenvalue weighted by Gasteiger charge is -2.04. The van der Waals surface area contributed by atoms with Crippen molar-refractivity contribution < 1.29 is 19.6 Å². The lowest BCUT2D eigenvalue weighted by atomic mass is 10.2. The Bertz CT molecular complexity index is 789. The molecule has 8 heteroatoms. The first kappa shape index (κ1) is 16.9. The van der Waals surface area contributed by atoms with Crippen molar-refractivity contribution in [1.29, 1.82) is 0 Å². The van der Waals surface area contributed by atoms with E-state index in [2.05, 4.69) is 10.5 Å². The van der Waals surface area contributed by atoms with Crippen LogP contribution in [0.2, 0.25) is 0 Å². The second-order valence-electron chi connectivity index (χ2n) is 4.63. The van der Waals surface area contributed by atoms with Gasteiger partial charge in [0.05, 0.1) is 23.3 Å². The van der Waals surface area contributed by atoms with E-state index in [0.717, 1.165) is 0 Å². The molecule has 0 aliphatic carbocycles. The van der Waals surface area contributed by atoms with Gasteiger partial charge in [0.1, 0.15) is 5.75 Å². The molecule has 124 valence electrons. The molecule has 0 aliphatic rings. The lowest BCUT2D eigenvalue weighted by Crippen LogP contribution is -2.17. The Morgan fingerprint density at radius 1 is 1.38 bits per heavy atom. The van der Waals surface area contributed by atoms with Crippen molar-refractivity contribution in [2.24, 2.45) is 5.10 Å². The molecular weight excluding hydrogens is 314 g/mol. The fraction of sp³-hybridized carbons (Fsp3) is 0.125. The van der Waals surface area contributed by atoms with E-state index in [1.165, 1.54) is 30.5 Å². The molecule has 0 aliphatic heterocycles. The van der Waals surface area contributed by atoms with Crippen LogP contribution in [-0.4, -0.2) is 28.8 Å². The summed E-state index contributed by atoms with van der Waals surface area (Å²) in [4.78, 5) is 22.3. The maximum atomic E-state index is 11.9. The van der Waals surface area contributed by atoms with Gasteiger partial charge in [-0.1, -0.05) is 12.1 Å². The molecule has 0 saturated heterocycles. The number of para-hydroxylation sites is 1. The number of rotatable bonds is 6. The van der Waals surface area contributed by atoms with Gasteiger partial charge in [-0.15, -0.1) is 0 Å². The predicted octanol–water partition coefficient (Wildman–Crippen LogP) is 2.46. The molecule has 0 aromatic heterocycles. The van der Waals surface area contributed by atoms with Crippen molar-refractivity contribution in [1.82, 2.24) is 5.43 Å². The molecular formula is C16H15N3O5. The number of benzene rings is 2. The molecule has 24 heavy (non-hydrogen) atoms. The minimum atomic E-state index is -0.593. The van der Waals surface area contributed by atoms with Crippen molar-refractivity contribution in [2.75, 3.05) is 6.61 Å². The molecule has 8 nitrogen and oxygen atoms in total. The van der Waals surface area contributed by atoms with Gasteiger partial charge in [0.25, 0.3) is 5.91 Å². The Balaban J connectivity index is 2.12. The number of amides is 1. The van der Waals surface area contributed by atoms with Gasteiger partial charge in [-0.3, -0.25) is 14.9 Å². The van der Waals surface area contributed by atoms with Crippen molar-refractivity contribution >= 4 is 17.8 Å². The van der Waals surface area contributed by atoms with Crippen LogP contribution in [-0.2, 0) is 0 Å². The fourth-order valence-corrected chi connectivity index (χ4v) is 1.93. The zero-order valence-corrected chi connectivity index (χ0v) is 12.8. The van der Waals surface area contributed by atoms with E-state index in [4.69, 9.17) is 4.74 Å². The smallest absolute Gasteiger partial charge is 0.311 e. The number of hydrogen-bond donors (Lipinski definition) is 2. The van der Waals surface area contributed by atoms with Gasteiger partial charge in [-0.05, 0) is 31.2 Å². The van der Waals surface area contributed by atoms with Crippen LogP contribution < -0.4 is 10.2 Å². The minimum absolute atomic E-state index is 0.0762. The highest BCUT2D eigenvalue weighted by molar-refractivity contribution is 5.97. The average Bonchev–Trinajstić information content (AvgIpc) is 2.56. The zero-order chi connectivity index (χ0) is 17.5. The number of nitro benzene ring substituents is 1. The highest BCUT2D eigenvalue weighted by Gasteiger charge is 2.15. The van der Waals surface area contributed by atoms with Crippen molar-refractivity contribution in [3.05, 3.63) is 63.7 Å². The van der Waals surface area contributed by atoms with Gasteiger partial charge < -0.3 is 9.84 Å². The van der Waals surface area contributed by atoms with Crippen molar-refractivity contribution in [2.45, 2.75) is 6.92 Å². The molecule has 0 unspecified atom stereocenters. The molecule has 0 atom stereocenters. The Kier molecular flexibility index (Phi) is 5.45. The van der Waals surface area contributed by atoms with Crippen molar-refractivity contribution in [3.8, 4) is 11.5 Å². The molecule has 2 aromatic rings. The summed E-state index contributed by atoms with van der Waals surface area (Å²) in [7, 11) is 0. The minimum Gasteiger partial charge on any atom is -0.507 e. The topological polar surface area (TPSA) is 114 Å². The van der Waals surface area contributed by atoms with Crippen LogP contribution in [0, 0.1) is 10.1 Å². The van der Waals surface area contributed by atoms with E-state index in [0.29, 0.717) is 12.2 Å². The third-order valence-electron chi connectivity index (χ3n) is 3.01. The molecule has 0 radical (unpaired) electrons. The summed E-state index contributed by atoms with van der Waals surface area (Å²) in [5, 5.41) is 24.3. The second-order valence-corrected chi connectivity index (χ2v) is 4.63. The molecule has 2 N–H and O–H groups in total. The first-order valence-electron chi connectivity index (χ1n) is 7.05. The van der Waals surface area contributed by atoms with E-state index in [-0.39, 0.29) is 22.7 Å². The number of aromatic hydroxyl groups is 1. The molecule has 0 fully saturated rings. The molecule has 1 amide bonds. The molecule has 0 heterocycles. The quantitative estimate of drug-likeness (QED) is 0.480. The van der Waals surface area contributed by atoms with Crippen LogP contribution in [0.5, 0.6) is 11.5 Å². The second kappa shape index (κ2) is 7.73. The van der Waals surface area contributed by atoms with Crippen molar-refractivity contribution in [3.63, 3.8) is 0 Å². The molecule has 0 saturated carbocycles. The number of carbonyl (C=O) groups excluding carboxylic acids is 1. The van der Waals surface area contributed by atoms with Crippen LogP contribution in [0.1, 0.15) is 22.8 Å². The van der Waals surface area contributed by atoms with Crippen LogP contribution in [0.25, 0.3) is 0 Å². The normalized spacial score (nSPS) is 10.5. The zero-order valence-electron chi connectivity index (χ0n) is 12.8. The van der Waals surface area contributed by atoms with Gasteiger partial charge >= 0.3 is 5.69 Å². The number of carbonyl (C=O) groups is 1. The van der Waals surface area contributed by atoms with E-state index in [9.17, 15) is 20.0 Å².